The first-order chi connectivity index (χ1) is 8.61. The van der Waals surface area contributed by atoms with Crippen LogP contribution in [0.3, 0.4) is 0 Å². The number of carbonyl (C=O) groups is 2. The van der Waals surface area contributed by atoms with Crippen molar-refractivity contribution in [3.05, 3.63) is 71.8 Å². The number of rotatable bonds is 2. The molecular formula is C16H18O4Sn. The molecule has 0 fully saturated rings. The first kappa shape index (κ1) is 24.2. The van der Waals surface area contributed by atoms with Crippen LogP contribution >= 0.6 is 0 Å². The standard InChI is InChI=1S/2C7H6O2.2CH4.Sn/c2*8-7(9)6-4-2-1-3-5-6;;;/h2*1-5H,(H,8,9);2*1H4;/q;;;;+2/p-2. The Labute approximate surface area is 142 Å². The predicted molar refractivity (Wildman–Crippen MR) is 80.8 cm³/mol. The van der Waals surface area contributed by atoms with Gasteiger partial charge < -0.3 is 19.8 Å². The smallest absolute Gasteiger partial charge is 0.545 e. The van der Waals surface area contributed by atoms with Crippen LogP contribution in [0.5, 0.6) is 0 Å². The van der Waals surface area contributed by atoms with Gasteiger partial charge in [0, 0.05) is 0 Å². The Kier molecular flexibility index (Phi) is 15.2. The topological polar surface area (TPSA) is 80.3 Å². The van der Waals surface area contributed by atoms with Gasteiger partial charge in [-0.15, -0.1) is 0 Å². The molecule has 0 aliphatic carbocycles. The van der Waals surface area contributed by atoms with Gasteiger partial charge in [-0.05, 0) is 11.1 Å². The third-order valence-electron chi connectivity index (χ3n) is 2.02. The third-order valence-corrected chi connectivity index (χ3v) is 2.02. The summed E-state index contributed by atoms with van der Waals surface area (Å²) in [6.45, 7) is 0. The molecule has 0 bridgehead atoms. The van der Waals surface area contributed by atoms with E-state index in [-0.39, 0.29) is 49.9 Å². The molecule has 0 heterocycles. The molecule has 110 valence electrons. The molecule has 5 heteroatoms. The van der Waals surface area contributed by atoms with Gasteiger partial charge in [0.15, 0.2) is 0 Å². The van der Waals surface area contributed by atoms with E-state index in [0.29, 0.717) is 0 Å². The van der Waals surface area contributed by atoms with Crippen molar-refractivity contribution in [2.75, 3.05) is 0 Å². The molecule has 0 saturated heterocycles. The molecule has 2 aromatic rings. The average Bonchev–Trinajstić information content (AvgIpc) is 2.41. The van der Waals surface area contributed by atoms with Crippen molar-refractivity contribution in [3.63, 3.8) is 0 Å². The van der Waals surface area contributed by atoms with Gasteiger partial charge in [-0.25, -0.2) is 0 Å². The molecule has 0 saturated carbocycles. The van der Waals surface area contributed by atoms with Crippen LogP contribution in [0.15, 0.2) is 60.7 Å². The van der Waals surface area contributed by atoms with Gasteiger partial charge in [0.2, 0.25) is 0 Å². The van der Waals surface area contributed by atoms with Crippen molar-refractivity contribution in [3.8, 4) is 0 Å². The van der Waals surface area contributed by atoms with Gasteiger partial charge in [-0.1, -0.05) is 75.5 Å². The normalized spacial score (nSPS) is 7.62. The van der Waals surface area contributed by atoms with Gasteiger partial charge >= 0.3 is 23.9 Å². The molecule has 0 N–H and O–H groups in total. The summed E-state index contributed by atoms with van der Waals surface area (Å²) in [7, 11) is 0. The molecule has 4 nitrogen and oxygen atoms in total. The molecule has 21 heavy (non-hydrogen) atoms. The van der Waals surface area contributed by atoms with Crippen LogP contribution in [0, 0.1) is 0 Å². The monoisotopic (exact) mass is 394 g/mol. The van der Waals surface area contributed by atoms with Crippen molar-refractivity contribution in [2.45, 2.75) is 14.9 Å². The Morgan fingerprint density at radius 3 is 1.00 bits per heavy atom. The van der Waals surface area contributed by atoms with Crippen LogP contribution in [-0.2, 0) is 0 Å². The fourth-order valence-corrected chi connectivity index (χ4v) is 1.15. The molecule has 0 aliphatic heterocycles. The maximum atomic E-state index is 10.1. The molecule has 0 unspecified atom stereocenters. The Hall–Kier alpha value is -1.82. The van der Waals surface area contributed by atoms with E-state index < -0.39 is 11.9 Å². The summed E-state index contributed by atoms with van der Waals surface area (Å²) in [5.74, 6) is -2.26. The largest absolute Gasteiger partial charge is 2.00 e. The van der Waals surface area contributed by atoms with Crippen molar-refractivity contribution in [1.82, 2.24) is 0 Å². The number of benzene rings is 2. The van der Waals surface area contributed by atoms with Gasteiger partial charge in [0.05, 0.1) is 11.9 Å². The maximum Gasteiger partial charge on any atom is 2.00 e. The fraction of sp³-hybridized carbons (Fsp3) is 0.125. The maximum absolute atomic E-state index is 10.1. The Morgan fingerprint density at radius 1 is 0.619 bits per heavy atom. The van der Waals surface area contributed by atoms with Crippen LogP contribution in [0.1, 0.15) is 35.6 Å². The van der Waals surface area contributed by atoms with E-state index in [1.165, 1.54) is 24.3 Å². The van der Waals surface area contributed by atoms with Crippen LogP contribution in [-0.4, -0.2) is 35.8 Å². The predicted octanol–water partition coefficient (Wildman–Crippen LogP) is 0.992. The summed E-state index contributed by atoms with van der Waals surface area (Å²) >= 11 is 0. The summed E-state index contributed by atoms with van der Waals surface area (Å²) < 4.78 is 0. The molecule has 2 aromatic carbocycles. The number of hydrogen-bond acceptors (Lipinski definition) is 4. The van der Waals surface area contributed by atoms with Crippen molar-refractivity contribution < 1.29 is 19.8 Å². The van der Waals surface area contributed by atoms with Crippen molar-refractivity contribution in [1.29, 1.82) is 0 Å². The van der Waals surface area contributed by atoms with E-state index >= 15 is 0 Å². The van der Waals surface area contributed by atoms with E-state index in [1.54, 1.807) is 36.4 Å². The van der Waals surface area contributed by atoms with Gasteiger partial charge in [-0.2, -0.15) is 0 Å². The zero-order chi connectivity index (χ0) is 13.4. The van der Waals surface area contributed by atoms with E-state index in [0.717, 1.165) is 0 Å². The SMILES string of the molecule is C.C.O=C([O-])c1ccccc1.O=C([O-])c1ccccc1.[Sn+2]. The molecular weight excluding hydrogens is 375 g/mol. The van der Waals surface area contributed by atoms with Crippen molar-refractivity contribution >= 4 is 35.8 Å². The molecule has 0 aromatic heterocycles. The van der Waals surface area contributed by atoms with Crippen LogP contribution in [0.4, 0.5) is 0 Å². The number of hydrogen-bond donors (Lipinski definition) is 0. The first-order valence-corrected chi connectivity index (χ1v) is 5.14. The molecule has 0 spiro atoms. The molecule has 2 rings (SSSR count). The van der Waals surface area contributed by atoms with Crippen LogP contribution in [0.2, 0.25) is 0 Å². The second kappa shape index (κ2) is 13.2. The fourth-order valence-electron chi connectivity index (χ4n) is 1.15. The van der Waals surface area contributed by atoms with Gasteiger partial charge in [-0.3, -0.25) is 0 Å². The Bertz CT molecular complexity index is 463. The molecule has 0 amide bonds. The first-order valence-electron chi connectivity index (χ1n) is 5.14. The second-order valence-electron chi connectivity index (χ2n) is 3.31. The minimum absolute atomic E-state index is 0. The number of carbonyl (C=O) groups excluding carboxylic acids is 2. The zero-order valence-corrected chi connectivity index (χ0v) is 12.8. The zero-order valence-electron chi connectivity index (χ0n) is 9.91. The number of carboxylic acids is 2. The summed E-state index contributed by atoms with van der Waals surface area (Å²) in [5.41, 5.74) is 0.440. The van der Waals surface area contributed by atoms with Gasteiger partial charge in [0.1, 0.15) is 0 Å². The summed E-state index contributed by atoms with van der Waals surface area (Å²) in [4.78, 5) is 20.2. The number of carboxylic acid groups (broad SMARTS) is 2. The minimum Gasteiger partial charge on any atom is -0.545 e. The minimum atomic E-state index is -1.13. The Balaban J connectivity index is -0.000000270. The molecule has 0 atom stereocenters. The van der Waals surface area contributed by atoms with E-state index in [2.05, 4.69) is 0 Å². The molecule has 2 radical (unpaired) electrons. The van der Waals surface area contributed by atoms with E-state index in [9.17, 15) is 19.8 Å². The summed E-state index contributed by atoms with van der Waals surface area (Å²) in [6.07, 6.45) is 0. The third kappa shape index (κ3) is 9.67. The van der Waals surface area contributed by atoms with Gasteiger partial charge in [0.25, 0.3) is 0 Å². The average molecular weight is 393 g/mol. The Morgan fingerprint density at radius 2 is 0.857 bits per heavy atom. The van der Waals surface area contributed by atoms with Crippen LogP contribution in [0.25, 0.3) is 0 Å². The molecule has 0 aliphatic rings. The van der Waals surface area contributed by atoms with E-state index in [1.807, 2.05) is 0 Å². The summed E-state index contributed by atoms with van der Waals surface area (Å²) in [5, 5.41) is 20.2. The van der Waals surface area contributed by atoms with E-state index in [4.69, 9.17) is 0 Å². The number of aromatic carboxylic acids is 2. The quantitative estimate of drug-likeness (QED) is 0.714. The second-order valence-corrected chi connectivity index (χ2v) is 3.31. The summed E-state index contributed by atoms with van der Waals surface area (Å²) in [6, 6.07) is 16.1. The van der Waals surface area contributed by atoms with Crippen molar-refractivity contribution in [2.24, 2.45) is 0 Å². The van der Waals surface area contributed by atoms with Crippen LogP contribution < -0.4 is 10.2 Å².